The molecule has 0 aromatic carbocycles. The number of nitrogens with zero attached hydrogens (tertiary/aromatic N) is 4. The van der Waals surface area contributed by atoms with E-state index in [4.69, 9.17) is 9.72 Å². The van der Waals surface area contributed by atoms with Crippen molar-refractivity contribution in [2.24, 2.45) is 11.8 Å². The summed E-state index contributed by atoms with van der Waals surface area (Å²) < 4.78 is 7.84. The Kier molecular flexibility index (Phi) is 4.94. The van der Waals surface area contributed by atoms with Gasteiger partial charge in [0.25, 0.3) is 5.91 Å². The van der Waals surface area contributed by atoms with Crippen molar-refractivity contribution in [1.29, 1.82) is 0 Å². The summed E-state index contributed by atoms with van der Waals surface area (Å²) in [6.07, 6.45) is 5.44. The second-order valence-corrected chi connectivity index (χ2v) is 8.02. The molecule has 0 saturated carbocycles. The first kappa shape index (κ1) is 17.5. The molecule has 2 aliphatic heterocycles. The van der Waals surface area contributed by atoms with E-state index in [2.05, 4.69) is 23.4 Å². The summed E-state index contributed by atoms with van der Waals surface area (Å²) in [7, 11) is 0. The molecule has 4 rings (SSSR count). The molecule has 0 radical (unpaired) electrons. The predicted octanol–water partition coefficient (Wildman–Crippen LogP) is 2.66. The zero-order valence-corrected chi connectivity index (χ0v) is 15.7. The second-order valence-electron chi connectivity index (χ2n) is 8.02. The highest BCUT2D eigenvalue weighted by atomic mass is 16.5. The van der Waals surface area contributed by atoms with Gasteiger partial charge in [-0.1, -0.05) is 13.8 Å². The van der Waals surface area contributed by atoms with Crippen LogP contribution in [0.4, 0.5) is 0 Å². The number of fused-ring (bicyclic) bond motifs is 1. The number of ether oxygens (including phenoxy) is 1. The Hall–Kier alpha value is -1.95. The first-order valence-electron chi connectivity index (χ1n) is 9.82. The van der Waals surface area contributed by atoms with Gasteiger partial charge >= 0.3 is 0 Å². The molecule has 2 atom stereocenters. The van der Waals surface area contributed by atoms with Gasteiger partial charge in [0.1, 0.15) is 17.4 Å². The molecular weight excluding hydrogens is 328 g/mol. The van der Waals surface area contributed by atoms with E-state index in [0.29, 0.717) is 11.8 Å². The zero-order valence-electron chi connectivity index (χ0n) is 15.7. The maximum absolute atomic E-state index is 12.6. The largest absolute Gasteiger partial charge is 0.368 e. The number of rotatable bonds is 5. The molecule has 0 bridgehead atoms. The summed E-state index contributed by atoms with van der Waals surface area (Å²) in [6.45, 7) is 7.74. The number of carbonyl (C=O) groups excluding carboxylic acids is 1. The van der Waals surface area contributed by atoms with Gasteiger partial charge in [-0.3, -0.25) is 4.79 Å². The van der Waals surface area contributed by atoms with E-state index in [-0.39, 0.29) is 12.0 Å². The van der Waals surface area contributed by atoms with Gasteiger partial charge in [0.2, 0.25) is 0 Å². The van der Waals surface area contributed by atoms with Crippen LogP contribution in [0.25, 0.3) is 11.2 Å². The molecule has 2 aromatic heterocycles. The average Bonchev–Trinajstić information content (AvgIpc) is 3.36. The van der Waals surface area contributed by atoms with Crippen LogP contribution in [-0.4, -0.2) is 51.1 Å². The lowest BCUT2D eigenvalue weighted by Crippen LogP contribution is -2.37. The molecule has 2 aliphatic rings. The van der Waals surface area contributed by atoms with Crippen molar-refractivity contribution >= 4 is 17.1 Å². The third kappa shape index (κ3) is 3.47. The number of aromatic nitrogens is 3. The number of likely N-dealkylation sites (tertiary alicyclic amines) is 1. The molecule has 0 aliphatic carbocycles. The number of hydrogen-bond donors (Lipinski definition) is 0. The van der Waals surface area contributed by atoms with E-state index in [0.717, 1.165) is 68.9 Å². The molecule has 26 heavy (non-hydrogen) atoms. The Morgan fingerprint density at radius 2 is 2.27 bits per heavy atom. The van der Waals surface area contributed by atoms with Crippen LogP contribution in [0.3, 0.4) is 0 Å². The Balaban J connectivity index is 1.48. The van der Waals surface area contributed by atoms with E-state index in [1.54, 1.807) is 0 Å². The number of pyridine rings is 1. The monoisotopic (exact) mass is 356 g/mol. The first-order chi connectivity index (χ1) is 12.6. The molecule has 0 spiro atoms. The van der Waals surface area contributed by atoms with Crippen molar-refractivity contribution in [2.45, 2.75) is 52.2 Å². The van der Waals surface area contributed by atoms with Gasteiger partial charge in [-0.15, -0.1) is 0 Å². The molecule has 2 aromatic rings. The summed E-state index contributed by atoms with van der Waals surface area (Å²) in [4.78, 5) is 24.0. The number of amides is 1. The predicted molar refractivity (Wildman–Crippen MR) is 99.7 cm³/mol. The van der Waals surface area contributed by atoms with Crippen molar-refractivity contribution in [3.8, 4) is 0 Å². The highest BCUT2D eigenvalue weighted by Gasteiger charge is 2.33. The second kappa shape index (κ2) is 7.35. The molecule has 140 valence electrons. The SMILES string of the molecule is CC(C)Cn1c(CC2CCN(C(=O)C3CCCO3)C2)nc2cccnc21. The quantitative estimate of drug-likeness (QED) is 0.826. The van der Waals surface area contributed by atoms with Crippen molar-refractivity contribution in [3.05, 3.63) is 24.2 Å². The van der Waals surface area contributed by atoms with Gasteiger partial charge in [0.15, 0.2) is 5.65 Å². The third-order valence-electron chi connectivity index (χ3n) is 5.40. The molecule has 4 heterocycles. The molecule has 0 N–H and O–H groups in total. The Morgan fingerprint density at radius 1 is 1.38 bits per heavy atom. The summed E-state index contributed by atoms with van der Waals surface area (Å²) in [6, 6.07) is 3.97. The van der Waals surface area contributed by atoms with Crippen LogP contribution in [0, 0.1) is 11.8 Å². The van der Waals surface area contributed by atoms with Crippen LogP contribution in [-0.2, 0) is 22.5 Å². The smallest absolute Gasteiger partial charge is 0.251 e. The lowest BCUT2D eigenvalue weighted by Gasteiger charge is -2.20. The molecule has 1 amide bonds. The van der Waals surface area contributed by atoms with Crippen LogP contribution in [0.5, 0.6) is 0 Å². The summed E-state index contributed by atoms with van der Waals surface area (Å²) >= 11 is 0. The van der Waals surface area contributed by atoms with Crippen molar-refractivity contribution in [3.63, 3.8) is 0 Å². The fourth-order valence-corrected chi connectivity index (χ4v) is 4.15. The minimum atomic E-state index is -0.205. The van der Waals surface area contributed by atoms with Gasteiger partial charge in [-0.25, -0.2) is 9.97 Å². The van der Waals surface area contributed by atoms with Gasteiger partial charge < -0.3 is 14.2 Å². The van der Waals surface area contributed by atoms with E-state index >= 15 is 0 Å². The normalized spacial score (nSPS) is 23.4. The maximum atomic E-state index is 12.6. The topological polar surface area (TPSA) is 60.2 Å². The average molecular weight is 356 g/mol. The summed E-state index contributed by atoms with van der Waals surface area (Å²) in [5, 5.41) is 0. The van der Waals surface area contributed by atoms with Crippen molar-refractivity contribution in [2.75, 3.05) is 19.7 Å². The number of carbonyl (C=O) groups is 1. The lowest BCUT2D eigenvalue weighted by molar-refractivity contribution is -0.139. The minimum absolute atomic E-state index is 0.183. The highest BCUT2D eigenvalue weighted by Crippen LogP contribution is 2.25. The molecular formula is C20H28N4O2. The molecule has 2 saturated heterocycles. The number of hydrogen-bond acceptors (Lipinski definition) is 4. The van der Waals surface area contributed by atoms with Gasteiger partial charge in [-0.05, 0) is 43.2 Å². The minimum Gasteiger partial charge on any atom is -0.368 e. The lowest BCUT2D eigenvalue weighted by atomic mass is 10.0. The van der Waals surface area contributed by atoms with Crippen LogP contribution < -0.4 is 0 Å². The van der Waals surface area contributed by atoms with Crippen LogP contribution >= 0.6 is 0 Å². The fourth-order valence-electron chi connectivity index (χ4n) is 4.15. The molecule has 2 unspecified atom stereocenters. The van der Waals surface area contributed by atoms with Crippen LogP contribution in [0.1, 0.15) is 38.9 Å². The highest BCUT2D eigenvalue weighted by molar-refractivity contribution is 5.81. The molecule has 6 nitrogen and oxygen atoms in total. The first-order valence-corrected chi connectivity index (χ1v) is 9.82. The summed E-state index contributed by atoms with van der Waals surface area (Å²) in [5.41, 5.74) is 1.94. The zero-order chi connectivity index (χ0) is 18.1. The van der Waals surface area contributed by atoms with Gasteiger partial charge in [0.05, 0.1) is 0 Å². The molecule has 6 heteroatoms. The van der Waals surface area contributed by atoms with E-state index in [1.165, 1.54) is 0 Å². The summed E-state index contributed by atoms with van der Waals surface area (Å²) in [5.74, 6) is 2.28. The van der Waals surface area contributed by atoms with Crippen LogP contribution in [0.2, 0.25) is 0 Å². The van der Waals surface area contributed by atoms with E-state index < -0.39 is 0 Å². The third-order valence-corrected chi connectivity index (χ3v) is 5.40. The Labute approximate surface area is 154 Å². The van der Waals surface area contributed by atoms with Crippen molar-refractivity contribution < 1.29 is 9.53 Å². The molecule has 2 fully saturated rings. The van der Waals surface area contributed by atoms with Gasteiger partial charge in [-0.2, -0.15) is 0 Å². The maximum Gasteiger partial charge on any atom is 0.251 e. The Morgan fingerprint density at radius 3 is 3.04 bits per heavy atom. The van der Waals surface area contributed by atoms with Gasteiger partial charge in [0, 0.05) is 38.9 Å². The standard InChI is InChI=1S/C20H28N4O2/c1-14(2)12-24-18(22-16-5-3-8-21-19(16)24)11-15-7-9-23(13-15)20(25)17-6-4-10-26-17/h3,5,8,14-15,17H,4,6-7,9-13H2,1-2H3. The fraction of sp³-hybridized carbons (Fsp3) is 0.650. The number of imidazole rings is 1. The van der Waals surface area contributed by atoms with E-state index in [1.807, 2.05) is 23.2 Å². The van der Waals surface area contributed by atoms with E-state index in [9.17, 15) is 4.79 Å². The Bertz CT molecular complexity index is 779. The van der Waals surface area contributed by atoms with Crippen LogP contribution in [0.15, 0.2) is 18.3 Å². The van der Waals surface area contributed by atoms with Crippen molar-refractivity contribution in [1.82, 2.24) is 19.4 Å².